The molecule has 2 atom stereocenters. The summed E-state index contributed by atoms with van der Waals surface area (Å²) in [5.74, 6) is 0. The molecule has 9 heteroatoms. The Hall–Kier alpha value is -3.72. The molecule has 168 valence electrons. The number of aryl methyl sites for hydroxylation is 1. The molecule has 1 N–H and O–H groups in total. The maximum Gasteiger partial charge on any atom is 0.174 e. The Balaban J connectivity index is 1.65. The highest BCUT2D eigenvalue weighted by Crippen LogP contribution is 2.43. The van der Waals surface area contributed by atoms with Gasteiger partial charge >= 0.3 is 0 Å². The highest BCUT2D eigenvalue weighted by molar-refractivity contribution is 7.80. The first kappa shape index (κ1) is 21.1. The molecule has 4 aromatic rings. The summed E-state index contributed by atoms with van der Waals surface area (Å²) in [5.41, 5.74) is 6.48. The second-order valence-corrected chi connectivity index (χ2v) is 8.77. The molecule has 0 unspecified atom stereocenters. The van der Waals surface area contributed by atoms with E-state index in [4.69, 9.17) is 12.2 Å². The number of nitrogens with zero attached hydrogens (tertiary/aromatic N) is 7. The van der Waals surface area contributed by atoms with Crippen LogP contribution in [0.4, 0.5) is 11.4 Å². The zero-order valence-corrected chi connectivity index (χ0v) is 19.9. The molecule has 4 heterocycles. The van der Waals surface area contributed by atoms with Crippen LogP contribution in [0.5, 0.6) is 0 Å². The molecule has 8 nitrogen and oxygen atoms in total. The molecule has 0 saturated carbocycles. The fourth-order valence-electron chi connectivity index (χ4n) is 4.59. The van der Waals surface area contributed by atoms with Crippen molar-refractivity contribution in [3.05, 3.63) is 90.0 Å². The van der Waals surface area contributed by atoms with Crippen LogP contribution >= 0.6 is 12.2 Å². The highest BCUT2D eigenvalue weighted by atomic mass is 32.1. The lowest BCUT2D eigenvalue weighted by molar-refractivity contribution is 0.557. The standard InChI is InChI=1S/C24H26N8S/c1-16-13-20(17(2)32(16)30-14-26-27-15-30)23-22(21-7-5-6-12-25-21)28-24(33)31(23)19-10-8-18(9-11-19)29(3)4/h5-15,22-23H,1-4H3,(H,28,33)/t22-,23-/m1/s1. The first-order valence-corrected chi connectivity index (χ1v) is 11.2. The Kier molecular flexibility index (Phi) is 5.33. The molecule has 1 saturated heterocycles. The SMILES string of the molecule is Cc1cc([C@@H]2[C@@H](c3ccccn3)NC(=S)N2c2ccc(N(C)C)cc2)c(C)n1-n1cnnc1. The third-order valence-electron chi connectivity index (χ3n) is 6.13. The van der Waals surface area contributed by atoms with E-state index in [0.29, 0.717) is 5.11 Å². The molecular formula is C24H26N8S. The Morgan fingerprint density at radius 1 is 1.00 bits per heavy atom. The van der Waals surface area contributed by atoms with Gasteiger partial charge in [0.15, 0.2) is 5.11 Å². The largest absolute Gasteiger partial charge is 0.378 e. The lowest BCUT2D eigenvalue weighted by Gasteiger charge is -2.28. The van der Waals surface area contributed by atoms with Gasteiger partial charge in [0.25, 0.3) is 0 Å². The number of thiocarbonyl (C=S) groups is 1. The van der Waals surface area contributed by atoms with Crippen LogP contribution in [-0.4, -0.2) is 43.7 Å². The van der Waals surface area contributed by atoms with Crippen LogP contribution in [0, 0.1) is 13.8 Å². The van der Waals surface area contributed by atoms with Crippen LogP contribution in [0.1, 0.15) is 34.7 Å². The molecule has 0 bridgehead atoms. The molecular weight excluding hydrogens is 432 g/mol. The Labute approximate surface area is 198 Å². The van der Waals surface area contributed by atoms with Crippen LogP contribution in [0.25, 0.3) is 0 Å². The Morgan fingerprint density at radius 3 is 2.36 bits per heavy atom. The summed E-state index contributed by atoms with van der Waals surface area (Å²) in [6, 6.07) is 16.5. The summed E-state index contributed by atoms with van der Waals surface area (Å²) in [5, 5.41) is 12.2. The monoisotopic (exact) mass is 458 g/mol. The van der Waals surface area contributed by atoms with Crippen molar-refractivity contribution in [1.29, 1.82) is 0 Å². The van der Waals surface area contributed by atoms with Gasteiger partial charge in [0.05, 0.1) is 17.8 Å². The van der Waals surface area contributed by atoms with E-state index in [0.717, 1.165) is 28.5 Å². The molecule has 0 radical (unpaired) electrons. The van der Waals surface area contributed by atoms with E-state index in [1.54, 1.807) is 12.7 Å². The molecule has 1 aliphatic rings. The van der Waals surface area contributed by atoms with Gasteiger partial charge in [-0.25, -0.2) is 4.68 Å². The smallest absolute Gasteiger partial charge is 0.174 e. The summed E-state index contributed by atoms with van der Waals surface area (Å²) in [4.78, 5) is 8.95. The minimum Gasteiger partial charge on any atom is -0.378 e. The van der Waals surface area contributed by atoms with Gasteiger partial charge in [-0.15, -0.1) is 10.2 Å². The maximum absolute atomic E-state index is 5.87. The van der Waals surface area contributed by atoms with Gasteiger partial charge in [-0.2, -0.15) is 0 Å². The average Bonchev–Trinajstić information content (AvgIpc) is 3.52. The third-order valence-corrected chi connectivity index (χ3v) is 6.45. The van der Waals surface area contributed by atoms with E-state index in [1.165, 1.54) is 5.56 Å². The van der Waals surface area contributed by atoms with Crippen molar-refractivity contribution in [2.75, 3.05) is 23.9 Å². The number of nitrogens with one attached hydrogen (secondary N) is 1. The molecule has 1 aromatic carbocycles. The van der Waals surface area contributed by atoms with Gasteiger partial charge in [0.2, 0.25) is 0 Å². The van der Waals surface area contributed by atoms with E-state index >= 15 is 0 Å². The predicted molar refractivity (Wildman–Crippen MR) is 133 cm³/mol. The number of aromatic nitrogens is 5. The first-order valence-electron chi connectivity index (χ1n) is 10.8. The molecule has 1 fully saturated rings. The van der Waals surface area contributed by atoms with Crippen molar-refractivity contribution in [3.63, 3.8) is 0 Å². The normalized spacial score (nSPS) is 17.9. The second-order valence-electron chi connectivity index (χ2n) is 8.39. The number of rotatable bonds is 5. The van der Waals surface area contributed by atoms with Crippen molar-refractivity contribution in [2.45, 2.75) is 25.9 Å². The maximum atomic E-state index is 5.87. The quantitative estimate of drug-likeness (QED) is 0.458. The molecule has 3 aromatic heterocycles. The zero-order chi connectivity index (χ0) is 23.1. The fourth-order valence-corrected chi connectivity index (χ4v) is 4.94. The third kappa shape index (κ3) is 3.64. The number of anilines is 2. The van der Waals surface area contributed by atoms with E-state index in [1.807, 2.05) is 43.2 Å². The first-order chi connectivity index (χ1) is 16.0. The molecule has 0 aliphatic carbocycles. The summed E-state index contributed by atoms with van der Waals surface area (Å²) >= 11 is 5.87. The minimum absolute atomic E-state index is 0.0750. The van der Waals surface area contributed by atoms with Gasteiger partial charge < -0.3 is 15.1 Å². The average molecular weight is 459 g/mol. The lowest BCUT2D eigenvalue weighted by atomic mass is 9.96. The van der Waals surface area contributed by atoms with Crippen molar-refractivity contribution in [1.82, 2.24) is 29.9 Å². The molecule has 33 heavy (non-hydrogen) atoms. The Morgan fingerprint density at radius 2 is 1.73 bits per heavy atom. The molecule has 5 rings (SSSR count). The van der Waals surface area contributed by atoms with Crippen LogP contribution in [0.2, 0.25) is 0 Å². The van der Waals surface area contributed by atoms with Crippen molar-refractivity contribution in [3.8, 4) is 0 Å². The summed E-state index contributed by atoms with van der Waals surface area (Å²) in [6.45, 7) is 4.20. The van der Waals surface area contributed by atoms with Crippen molar-refractivity contribution >= 4 is 28.7 Å². The summed E-state index contributed by atoms with van der Waals surface area (Å²) in [7, 11) is 4.08. The number of hydrogen-bond acceptors (Lipinski definition) is 5. The zero-order valence-electron chi connectivity index (χ0n) is 19.0. The van der Waals surface area contributed by atoms with Crippen LogP contribution in [-0.2, 0) is 0 Å². The Bertz CT molecular complexity index is 1260. The van der Waals surface area contributed by atoms with Crippen molar-refractivity contribution < 1.29 is 0 Å². The second kappa shape index (κ2) is 8.32. The fraction of sp³-hybridized carbons (Fsp3) is 0.250. The van der Waals surface area contributed by atoms with E-state index in [2.05, 4.69) is 79.2 Å². The molecule has 1 aliphatic heterocycles. The van der Waals surface area contributed by atoms with E-state index < -0.39 is 0 Å². The number of hydrogen-bond donors (Lipinski definition) is 1. The van der Waals surface area contributed by atoms with Gasteiger partial charge in [-0.1, -0.05) is 6.07 Å². The van der Waals surface area contributed by atoms with Gasteiger partial charge in [-0.05, 0) is 68.5 Å². The predicted octanol–water partition coefficient (Wildman–Crippen LogP) is 3.65. The topological polar surface area (TPSA) is 67.0 Å². The van der Waals surface area contributed by atoms with Gasteiger partial charge in [0, 0.05) is 48.6 Å². The van der Waals surface area contributed by atoms with Gasteiger partial charge in [-0.3, -0.25) is 9.66 Å². The van der Waals surface area contributed by atoms with Crippen LogP contribution in [0.3, 0.4) is 0 Å². The van der Waals surface area contributed by atoms with Gasteiger partial charge in [0.1, 0.15) is 12.7 Å². The highest BCUT2D eigenvalue weighted by Gasteiger charge is 2.42. The number of benzene rings is 1. The van der Waals surface area contributed by atoms with E-state index in [9.17, 15) is 0 Å². The van der Waals surface area contributed by atoms with Crippen molar-refractivity contribution in [2.24, 2.45) is 0 Å². The van der Waals surface area contributed by atoms with Crippen LogP contribution < -0.4 is 15.1 Å². The summed E-state index contributed by atoms with van der Waals surface area (Å²) in [6.07, 6.45) is 5.23. The van der Waals surface area contributed by atoms with E-state index in [-0.39, 0.29) is 12.1 Å². The lowest BCUT2D eigenvalue weighted by Crippen LogP contribution is -2.29. The molecule has 0 amide bonds. The minimum atomic E-state index is -0.0953. The number of pyridine rings is 1. The van der Waals surface area contributed by atoms with Crippen LogP contribution in [0.15, 0.2) is 67.4 Å². The summed E-state index contributed by atoms with van der Waals surface area (Å²) < 4.78 is 4.00. The molecule has 0 spiro atoms.